The molecule has 0 aliphatic heterocycles. The number of hydrogen-bond acceptors (Lipinski definition) is 3. The molecule has 1 aromatic rings. The molecule has 1 aromatic heterocycles. The second-order valence-corrected chi connectivity index (χ2v) is 5.37. The Bertz CT molecular complexity index is 293. The summed E-state index contributed by atoms with van der Waals surface area (Å²) in [7, 11) is 0. The number of aliphatic hydroxyl groups excluding tert-OH is 1. The SMILES string of the molecule is CCC[C@@H](O)COC(c1ccsc1)C1CC1. The van der Waals surface area contributed by atoms with Gasteiger partial charge in [-0.25, -0.2) is 0 Å². The summed E-state index contributed by atoms with van der Waals surface area (Å²) in [5.41, 5.74) is 1.29. The maximum absolute atomic E-state index is 9.68. The zero-order valence-corrected chi connectivity index (χ0v) is 10.6. The van der Waals surface area contributed by atoms with Gasteiger partial charge in [-0.3, -0.25) is 0 Å². The Balaban J connectivity index is 1.84. The summed E-state index contributed by atoms with van der Waals surface area (Å²) in [5, 5.41) is 13.9. The lowest BCUT2D eigenvalue weighted by Gasteiger charge is -2.18. The highest BCUT2D eigenvalue weighted by molar-refractivity contribution is 7.07. The fraction of sp³-hybridized carbons (Fsp3) is 0.692. The van der Waals surface area contributed by atoms with E-state index in [2.05, 4.69) is 23.8 Å². The predicted molar refractivity (Wildman–Crippen MR) is 66.7 cm³/mol. The van der Waals surface area contributed by atoms with Gasteiger partial charge in [-0.05, 0) is 47.6 Å². The van der Waals surface area contributed by atoms with Gasteiger partial charge in [0, 0.05) is 0 Å². The van der Waals surface area contributed by atoms with Crippen LogP contribution in [-0.2, 0) is 4.74 Å². The fourth-order valence-electron chi connectivity index (χ4n) is 1.97. The normalized spacial score (nSPS) is 19.6. The van der Waals surface area contributed by atoms with Gasteiger partial charge in [-0.1, -0.05) is 13.3 Å². The molecular weight excluding hydrogens is 220 g/mol. The van der Waals surface area contributed by atoms with Crippen LogP contribution in [0.3, 0.4) is 0 Å². The van der Waals surface area contributed by atoms with Gasteiger partial charge in [-0.2, -0.15) is 11.3 Å². The topological polar surface area (TPSA) is 29.5 Å². The summed E-state index contributed by atoms with van der Waals surface area (Å²) in [4.78, 5) is 0. The van der Waals surface area contributed by atoms with E-state index in [1.807, 2.05) is 0 Å². The summed E-state index contributed by atoms with van der Waals surface area (Å²) < 4.78 is 5.88. The highest BCUT2D eigenvalue weighted by Crippen LogP contribution is 2.43. The van der Waals surface area contributed by atoms with Crippen LogP contribution in [0.2, 0.25) is 0 Å². The monoisotopic (exact) mass is 240 g/mol. The Labute approximate surface area is 101 Å². The minimum absolute atomic E-state index is 0.220. The molecule has 90 valence electrons. The Hall–Kier alpha value is -0.380. The summed E-state index contributed by atoms with van der Waals surface area (Å²) in [6.45, 7) is 2.56. The van der Waals surface area contributed by atoms with Crippen molar-refractivity contribution < 1.29 is 9.84 Å². The maximum Gasteiger partial charge on any atom is 0.0862 e. The van der Waals surface area contributed by atoms with E-state index in [0.29, 0.717) is 12.5 Å². The minimum Gasteiger partial charge on any atom is -0.391 e. The van der Waals surface area contributed by atoms with E-state index in [0.717, 1.165) is 12.8 Å². The van der Waals surface area contributed by atoms with Crippen LogP contribution in [0.1, 0.15) is 44.3 Å². The van der Waals surface area contributed by atoms with Crippen molar-refractivity contribution in [3.8, 4) is 0 Å². The number of aliphatic hydroxyl groups is 1. The zero-order chi connectivity index (χ0) is 11.4. The molecule has 2 atom stereocenters. The van der Waals surface area contributed by atoms with E-state index < -0.39 is 0 Å². The second kappa shape index (κ2) is 5.80. The largest absolute Gasteiger partial charge is 0.391 e. The van der Waals surface area contributed by atoms with Gasteiger partial charge in [0.1, 0.15) is 0 Å². The molecule has 0 aromatic carbocycles. The van der Waals surface area contributed by atoms with Crippen LogP contribution in [0.15, 0.2) is 16.8 Å². The molecule has 0 amide bonds. The molecule has 1 fully saturated rings. The first-order chi connectivity index (χ1) is 7.81. The second-order valence-electron chi connectivity index (χ2n) is 4.59. The Morgan fingerprint density at radius 1 is 1.56 bits per heavy atom. The highest BCUT2D eigenvalue weighted by atomic mass is 32.1. The highest BCUT2D eigenvalue weighted by Gasteiger charge is 2.33. The fourth-order valence-corrected chi connectivity index (χ4v) is 2.66. The lowest BCUT2D eigenvalue weighted by Crippen LogP contribution is -2.18. The van der Waals surface area contributed by atoms with E-state index in [1.54, 1.807) is 11.3 Å². The first-order valence-corrected chi connectivity index (χ1v) is 7.07. The van der Waals surface area contributed by atoms with Crippen molar-refractivity contribution in [3.63, 3.8) is 0 Å². The van der Waals surface area contributed by atoms with Crippen molar-refractivity contribution in [1.82, 2.24) is 0 Å². The van der Waals surface area contributed by atoms with Crippen molar-refractivity contribution >= 4 is 11.3 Å². The van der Waals surface area contributed by atoms with Gasteiger partial charge in [-0.15, -0.1) is 0 Å². The third-order valence-corrected chi connectivity index (χ3v) is 3.71. The smallest absolute Gasteiger partial charge is 0.0862 e. The molecule has 2 rings (SSSR count). The molecular formula is C13H20O2S. The lowest BCUT2D eigenvalue weighted by atomic mass is 10.1. The van der Waals surface area contributed by atoms with Gasteiger partial charge < -0.3 is 9.84 Å². The Kier molecular flexibility index (Phi) is 4.38. The van der Waals surface area contributed by atoms with E-state index in [9.17, 15) is 5.11 Å². The van der Waals surface area contributed by atoms with Gasteiger partial charge in [0.2, 0.25) is 0 Å². The number of thiophene rings is 1. The van der Waals surface area contributed by atoms with Gasteiger partial charge in [0.15, 0.2) is 0 Å². The Morgan fingerprint density at radius 3 is 2.94 bits per heavy atom. The molecule has 0 radical (unpaired) electrons. The molecule has 16 heavy (non-hydrogen) atoms. The summed E-state index contributed by atoms with van der Waals surface area (Å²) >= 11 is 1.72. The Morgan fingerprint density at radius 2 is 2.38 bits per heavy atom. The average molecular weight is 240 g/mol. The maximum atomic E-state index is 9.68. The van der Waals surface area contributed by atoms with Crippen LogP contribution in [0.25, 0.3) is 0 Å². The number of hydrogen-bond donors (Lipinski definition) is 1. The van der Waals surface area contributed by atoms with Gasteiger partial charge >= 0.3 is 0 Å². The standard InChI is InChI=1S/C13H20O2S/c1-2-3-12(14)8-15-13(10-4-5-10)11-6-7-16-9-11/h6-7,9-10,12-14H,2-5,8H2,1H3/t12-,13?/m1/s1. The average Bonchev–Trinajstić information content (AvgIpc) is 2.94. The first-order valence-electron chi connectivity index (χ1n) is 6.13. The lowest BCUT2D eigenvalue weighted by molar-refractivity contribution is -0.0224. The molecule has 0 saturated heterocycles. The summed E-state index contributed by atoms with van der Waals surface area (Å²) in [6, 6.07) is 2.14. The van der Waals surface area contributed by atoms with Crippen molar-refractivity contribution in [2.75, 3.05) is 6.61 Å². The van der Waals surface area contributed by atoms with Gasteiger partial charge in [0.25, 0.3) is 0 Å². The van der Waals surface area contributed by atoms with Gasteiger partial charge in [0.05, 0.1) is 18.8 Å². The molecule has 2 nitrogen and oxygen atoms in total. The molecule has 0 spiro atoms. The summed E-state index contributed by atoms with van der Waals surface area (Å²) in [6.07, 6.45) is 4.30. The molecule has 3 heteroatoms. The first kappa shape index (κ1) is 12.1. The van der Waals surface area contributed by atoms with Crippen molar-refractivity contribution in [3.05, 3.63) is 22.4 Å². The zero-order valence-electron chi connectivity index (χ0n) is 9.76. The third kappa shape index (κ3) is 3.30. The summed E-state index contributed by atoms with van der Waals surface area (Å²) in [5.74, 6) is 0.684. The van der Waals surface area contributed by atoms with Crippen LogP contribution in [0, 0.1) is 5.92 Å². The molecule has 1 unspecified atom stereocenters. The van der Waals surface area contributed by atoms with E-state index in [4.69, 9.17) is 4.74 Å². The number of rotatable bonds is 7. The minimum atomic E-state index is -0.301. The van der Waals surface area contributed by atoms with Crippen molar-refractivity contribution in [1.29, 1.82) is 0 Å². The van der Waals surface area contributed by atoms with Crippen LogP contribution in [0.5, 0.6) is 0 Å². The molecule has 1 aliphatic rings. The van der Waals surface area contributed by atoms with E-state index >= 15 is 0 Å². The molecule has 1 saturated carbocycles. The van der Waals surface area contributed by atoms with Crippen molar-refractivity contribution in [2.45, 2.75) is 44.8 Å². The van der Waals surface area contributed by atoms with Crippen LogP contribution in [0.4, 0.5) is 0 Å². The predicted octanol–water partition coefficient (Wildman–Crippen LogP) is 3.38. The van der Waals surface area contributed by atoms with Crippen LogP contribution < -0.4 is 0 Å². The quantitative estimate of drug-likeness (QED) is 0.791. The molecule has 0 bridgehead atoms. The van der Waals surface area contributed by atoms with E-state index in [1.165, 1.54) is 18.4 Å². The molecule has 1 N–H and O–H groups in total. The molecule has 1 heterocycles. The van der Waals surface area contributed by atoms with Crippen LogP contribution in [-0.4, -0.2) is 17.8 Å². The number of ether oxygens (including phenoxy) is 1. The van der Waals surface area contributed by atoms with Crippen LogP contribution >= 0.6 is 11.3 Å². The van der Waals surface area contributed by atoms with E-state index in [-0.39, 0.29) is 12.2 Å². The third-order valence-electron chi connectivity index (χ3n) is 3.01. The molecule has 1 aliphatic carbocycles. The van der Waals surface area contributed by atoms with Crippen molar-refractivity contribution in [2.24, 2.45) is 5.92 Å².